The largest absolute Gasteiger partial charge is 1.00 e. The first-order chi connectivity index (χ1) is 26.6. The maximum absolute atomic E-state index is 12.2. The molecule has 0 aromatic carbocycles. The fraction of sp³-hybridized carbons (Fsp3) is 0.651. The van der Waals surface area contributed by atoms with E-state index in [1.807, 2.05) is 66.1 Å². The monoisotopic (exact) mass is 797 g/mol. The molecule has 2 aliphatic heterocycles. The van der Waals surface area contributed by atoms with Crippen molar-refractivity contribution in [3.63, 3.8) is 0 Å². The Morgan fingerprint density at radius 1 is 0.793 bits per heavy atom. The van der Waals surface area contributed by atoms with Gasteiger partial charge in [0.1, 0.15) is 35.9 Å². The molecule has 1 N–H and O–H groups in total. The fourth-order valence-electron chi connectivity index (χ4n) is 6.99. The van der Waals surface area contributed by atoms with Gasteiger partial charge in [-0.1, -0.05) is 12.5 Å². The van der Waals surface area contributed by atoms with Gasteiger partial charge in [-0.25, -0.2) is 14.4 Å². The Kier molecular flexibility index (Phi) is 18.5. The molecule has 313 valence electrons. The number of carbonyl (C=O) groups is 3. The smallest absolute Gasteiger partial charge is 1.00 e. The number of ether oxygens (including phenoxy) is 5. The minimum atomic E-state index is -0.497. The van der Waals surface area contributed by atoms with E-state index in [-0.39, 0.29) is 65.5 Å². The Morgan fingerprint density at radius 2 is 1.28 bits per heavy atom. The third-order valence-electron chi connectivity index (χ3n) is 10.5. The zero-order valence-corrected chi connectivity index (χ0v) is 35.9. The van der Waals surface area contributed by atoms with Crippen molar-refractivity contribution in [2.45, 2.75) is 128 Å². The second-order valence-electron chi connectivity index (χ2n) is 17.3. The molecule has 58 heavy (non-hydrogen) atoms. The summed E-state index contributed by atoms with van der Waals surface area (Å²) in [7, 11) is 1.38. The van der Waals surface area contributed by atoms with Crippen molar-refractivity contribution in [1.29, 1.82) is 0 Å². The van der Waals surface area contributed by atoms with Crippen molar-refractivity contribution in [2.24, 2.45) is 11.8 Å². The van der Waals surface area contributed by atoms with Gasteiger partial charge in [0.15, 0.2) is 0 Å². The molecular formula is C43H63BLiN4O9. The van der Waals surface area contributed by atoms with E-state index in [0.29, 0.717) is 49.2 Å². The quantitative estimate of drug-likeness (QED) is 0.0911. The summed E-state index contributed by atoms with van der Waals surface area (Å²) in [5.41, 5.74) is 1.41. The van der Waals surface area contributed by atoms with Gasteiger partial charge in [-0.15, -0.1) is 0 Å². The third kappa shape index (κ3) is 15.1. The first kappa shape index (κ1) is 48.6. The van der Waals surface area contributed by atoms with Gasteiger partial charge in [-0.2, -0.15) is 0 Å². The van der Waals surface area contributed by atoms with E-state index in [9.17, 15) is 14.4 Å². The minimum absolute atomic E-state index is 0. The molecule has 2 aromatic rings. The van der Waals surface area contributed by atoms with Gasteiger partial charge in [0, 0.05) is 46.6 Å². The Hall–Kier alpha value is -3.73. The number of nitrogens with zero attached hydrogens (tertiary/aromatic N) is 4. The van der Waals surface area contributed by atoms with Crippen molar-refractivity contribution < 1.29 is 63.5 Å². The number of hydrogen-bond acceptors (Lipinski definition) is 11. The summed E-state index contributed by atoms with van der Waals surface area (Å²) in [5.74, 6) is 3.40. The summed E-state index contributed by atoms with van der Waals surface area (Å²) in [6.07, 6.45) is 18.1. The van der Waals surface area contributed by atoms with E-state index >= 15 is 0 Å². The number of unbranched alkanes of at least 4 members (excludes halogenated alkanes) is 1. The Morgan fingerprint density at radius 3 is 1.71 bits per heavy atom. The molecule has 6 rings (SSSR count). The summed E-state index contributed by atoms with van der Waals surface area (Å²) >= 11 is 0. The third-order valence-corrected chi connectivity index (χ3v) is 10.5. The normalized spacial score (nSPS) is 23.0. The Bertz CT molecular complexity index is 1680. The molecule has 4 heterocycles. The van der Waals surface area contributed by atoms with E-state index in [1.165, 1.54) is 31.6 Å². The van der Waals surface area contributed by atoms with Crippen LogP contribution in [0.1, 0.15) is 117 Å². The van der Waals surface area contributed by atoms with E-state index in [1.54, 1.807) is 22.2 Å². The van der Waals surface area contributed by atoms with E-state index < -0.39 is 11.2 Å². The predicted molar refractivity (Wildman–Crippen MR) is 217 cm³/mol. The SMILES string of the molecule is CC(C)(C)OC(=O)N1CC[C@H]1COc1cncc([C@H]2C[C@@H]2CCCCO)c1.COC(=O)/C=C/C[C@H]1C[C@@H]1c1cncc(OC[C@@H]2CCN2C(=O)OC(C)(C)C)c1.[B].[H-].[Li+]. The number of methoxy groups -OCH3 is 1. The second-order valence-corrected chi connectivity index (χ2v) is 17.3. The molecule has 3 radical (unpaired) electrons. The zero-order valence-electron chi connectivity index (χ0n) is 36.9. The number of rotatable bonds is 15. The average molecular weight is 798 g/mol. The van der Waals surface area contributed by atoms with E-state index in [0.717, 1.165) is 56.4 Å². The van der Waals surface area contributed by atoms with Crippen molar-refractivity contribution >= 4 is 26.6 Å². The van der Waals surface area contributed by atoms with Crippen LogP contribution < -0.4 is 28.3 Å². The van der Waals surface area contributed by atoms with Gasteiger partial charge in [0.25, 0.3) is 0 Å². The average Bonchev–Trinajstić information content (AvgIpc) is 4.03. The molecule has 2 aromatic heterocycles. The van der Waals surface area contributed by atoms with Crippen LogP contribution >= 0.6 is 0 Å². The van der Waals surface area contributed by atoms with Crippen LogP contribution in [0.4, 0.5) is 9.59 Å². The number of amides is 2. The van der Waals surface area contributed by atoms with Crippen LogP contribution in [-0.2, 0) is 19.0 Å². The molecule has 6 atom stereocenters. The Labute approximate surface area is 360 Å². The maximum atomic E-state index is 12.2. The first-order valence-corrected chi connectivity index (χ1v) is 20.1. The number of aliphatic hydroxyl groups is 1. The first-order valence-electron chi connectivity index (χ1n) is 20.1. The molecule has 2 aliphatic carbocycles. The molecule has 2 saturated heterocycles. The van der Waals surface area contributed by atoms with E-state index in [4.69, 9.17) is 24.1 Å². The topological polar surface area (TPSA) is 150 Å². The van der Waals surface area contributed by atoms with Gasteiger partial charge in [-0.3, -0.25) is 9.97 Å². The molecule has 4 fully saturated rings. The molecule has 0 spiro atoms. The molecule has 4 aliphatic rings. The van der Waals surface area contributed by atoms with Gasteiger partial charge in [0.2, 0.25) is 0 Å². The molecule has 15 heteroatoms. The van der Waals surface area contributed by atoms with Crippen LogP contribution in [-0.4, -0.2) is 115 Å². The fourth-order valence-corrected chi connectivity index (χ4v) is 6.99. The van der Waals surface area contributed by atoms with Crippen molar-refractivity contribution in [3.05, 3.63) is 60.2 Å². The maximum Gasteiger partial charge on any atom is 1.00 e. The predicted octanol–water partition coefficient (Wildman–Crippen LogP) is 4.16. The van der Waals surface area contributed by atoms with Crippen LogP contribution in [0.2, 0.25) is 0 Å². The standard InChI is InChI=1S/C22H30N2O5.C21H32N2O4.B.Li.H/c1-22(2,3)29-21(26)24-9-8-17(24)14-28-18-10-16(12-23-13-18)19-11-15(19)6-5-7-20(25)27-4;1-21(2,3)27-20(25)23-8-7-17(23)14-26-18-10-16(12-22-13-18)19-11-15(19)6-4-5-9-24;;;/h5,7,10,12-13,15,17,19H,6,8-9,11,14H2,1-4H3;10,12-13,15,17,19,24H,4-9,11,14H2,1-3H3;;;/q;;;+1;-1/b7-5+;;;;/t2*15-,17-,19-;;;/m00.../s1. The molecular weight excluding hydrogens is 734 g/mol. The van der Waals surface area contributed by atoms with Crippen LogP contribution in [0, 0.1) is 11.8 Å². The number of pyridine rings is 2. The number of aromatic nitrogens is 2. The summed E-state index contributed by atoms with van der Waals surface area (Å²) in [6.45, 7) is 13.8. The molecule has 2 amide bonds. The summed E-state index contributed by atoms with van der Waals surface area (Å²) in [6, 6.07) is 4.21. The number of likely N-dealkylation sites (tertiary alicyclic amines) is 2. The molecule has 0 bridgehead atoms. The summed E-state index contributed by atoms with van der Waals surface area (Å²) in [5, 5.41) is 8.90. The number of esters is 1. The zero-order chi connectivity index (χ0) is 40.5. The summed E-state index contributed by atoms with van der Waals surface area (Å²) in [4.78, 5) is 47.6. The van der Waals surface area contributed by atoms with Crippen molar-refractivity contribution in [1.82, 2.24) is 19.8 Å². The van der Waals surface area contributed by atoms with Gasteiger partial charge < -0.3 is 40.0 Å². The van der Waals surface area contributed by atoms with Gasteiger partial charge >= 0.3 is 37.0 Å². The van der Waals surface area contributed by atoms with Crippen LogP contribution in [0.5, 0.6) is 11.5 Å². The van der Waals surface area contributed by atoms with Crippen molar-refractivity contribution in [2.75, 3.05) is 40.0 Å². The Balaban J connectivity index is 0.000000388. The van der Waals surface area contributed by atoms with Gasteiger partial charge in [-0.05, 0) is 133 Å². The van der Waals surface area contributed by atoms with E-state index in [2.05, 4.69) is 20.8 Å². The number of carbonyl (C=O) groups excluding carboxylic acids is 3. The molecule has 13 nitrogen and oxygen atoms in total. The number of hydrogen-bond donors (Lipinski definition) is 1. The minimum Gasteiger partial charge on any atom is -1.00 e. The molecule has 0 unspecified atom stereocenters. The number of allylic oxidation sites excluding steroid dienone is 1. The van der Waals surface area contributed by atoms with Crippen LogP contribution in [0.25, 0.3) is 0 Å². The van der Waals surface area contributed by atoms with Gasteiger partial charge in [0.05, 0.1) is 31.6 Å². The second kappa shape index (κ2) is 22.0. The van der Waals surface area contributed by atoms with Crippen molar-refractivity contribution in [3.8, 4) is 11.5 Å². The number of aliphatic hydroxyl groups excluding tert-OH is 1. The van der Waals surface area contributed by atoms with Crippen LogP contribution in [0.15, 0.2) is 49.1 Å². The summed E-state index contributed by atoms with van der Waals surface area (Å²) < 4.78 is 27.3. The van der Waals surface area contributed by atoms with Crippen LogP contribution in [0.3, 0.4) is 0 Å². The molecule has 2 saturated carbocycles.